The monoisotopic (exact) mass is 520 g/mol. The Balaban J connectivity index is 1.81. The highest BCUT2D eigenvalue weighted by Gasteiger charge is 2.27. The summed E-state index contributed by atoms with van der Waals surface area (Å²) < 4.78 is 0. The number of ketones is 1. The van der Waals surface area contributed by atoms with Crippen LogP contribution in [0.5, 0.6) is 0 Å². The minimum atomic E-state index is 0.0800. The number of allylic oxidation sites excluding steroid dienone is 2. The minimum absolute atomic E-state index is 0.0800. The van der Waals surface area contributed by atoms with Crippen LogP contribution in [-0.4, -0.2) is 35.7 Å². The van der Waals surface area contributed by atoms with Crippen LogP contribution in [0.15, 0.2) is 10.6 Å². The first-order chi connectivity index (χ1) is 17.8. The van der Waals surface area contributed by atoms with Crippen LogP contribution in [0.1, 0.15) is 162 Å². The number of nitrogens with zero attached hydrogens (tertiary/aromatic N) is 1. The van der Waals surface area contributed by atoms with Gasteiger partial charge in [0.2, 0.25) is 0 Å². The van der Waals surface area contributed by atoms with E-state index < -0.39 is 0 Å². The van der Waals surface area contributed by atoms with Gasteiger partial charge in [0.15, 0.2) is 5.78 Å². The second kappa shape index (κ2) is 21.5. The van der Waals surface area contributed by atoms with Gasteiger partial charge in [-0.2, -0.15) is 0 Å². The molecule has 210 valence electrons. The van der Waals surface area contributed by atoms with Gasteiger partial charge in [-0.05, 0) is 45.1 Å². The van der Waals surface area contributed by atoms with Crippen LogP contribution in [0.4, 0.5) is 0 Å². The topological polar surface area (TPSA) is 32.3 Å². The molecule has 0 aromatic carbocycles. The molecule has 1 atom stereocenters. The Bertz CT molecular complexity index is 583. The first-order valence-corrected chi connectivity index (χ1v) is 17.1. The number of carbonyl (C=O) groups is 1. The Morgan fingerprint density at radius 3 is 1.94 bits per heavy atom. The van der Waals surface area contributed by atoms with E-state index in [2.05, 4.69) is 24.1 Å². The fourth-order valence-corrected chi connectivity index (χ4v) is 7.02. The van der Waals surface area contributed by atoms with Crippen molar-refractivity contribution >= 4 is 17.5 Å². The van der Waals surface area contributed by atoms with E-state index in [1.54, 1.807) is 4.91 Å². The molecule has 4 heteroatoms. The third-order valence-electron chi connectivity index (χ3n) is 8.17. The Morgan fingerprint density at radius 2 is 1.31 bits per heavy atom. The van der Waals surface area contributed by atoms with E-state index in [-0.39, 0.29) is 6.04 Å². The number of hydrogen-bond donors (Lipinski definition) is 1. The first-order valence-electron chi connectivity index (χ1n) is 16.1. The van der Waals surface area contributed by atoms with Crippen molar-refractivity contribution in [3.05, 3.63) is 10.6 Å². The highest BCUT2D eigenvalue weighted by atomic mass is 32.2. The zero-order valence-corrected chi connectivity index (χ0v) is 25.0. The molecule has 0 saturated carbocycles. The molecule has 36 heavy (non-hydrogen) atoms. The quantitative estimate of drug-likeness (QED) is 0.153. The standard InChI is InChI=1S/C32H60N2OS/c1-3-5-7-9-11-13-15-20-24-30-32(25-21-16-14-12-10-8-6-4-2)36-28-34(30)27-31(35)29-23-19-17-18-22-26-33-29/h29,33H,3-28H2,1-2H3. The van der Waals surface area contributed by atoms with Crippen LogP contribution in [0.2, 0.25) is 0 Å². The van der Waals surface area contributed by atoms with Crippen LogP contribution in [0.3, 0.4) is 0 Å². The number of thioether (sulfide) groups is 1. The molecule has 2 aliphatic heterocycles. The molecule has 1 fully saturated rings. The predicted molar refractivity (Wildman–Crippen MR) is 161 cm³/mol. The first kappa shape index (κ1) is 31.7. The van der Waals surface area contributed by atoms with Crippen LogP contribution in [0.25, 0.3) is 0 Å². The molecule has 2 aliphatic rings. The lowest BCUT2D eigenvalue weighted by atomic mass is 10.00. The summed E-state index contributed by atoms with van der Waals surface area (Å²) in [5.41, 5.74) is 1.54. The highest BCUT2D eigenvalue weighted by molar-refractivity contribution is 8.03. The van der Waals surface area contributed by atoms with Gasteiger partial charge in [0, 0.05) is 10.6 Å². The van der Waals surface area contributed by atoms with E-state index in [0.717, 1.165) is 18.8 Å². The molecule has 0 bridgehead atoms. The number of rotatable bonds is 21. The SMILES string of the molecule is CCCCCCCCCCC1=C(CCCCCCCCCC)N(CC(=O)C2CCCCCCN2)CS1. The predicted octanol–water partition coefficient (Wildman–Crippen LogP) is 9.76. The Kier molecular flexibility index (Phi) is 18.9. The zero-order chi connectivity index (χ0) is 25.7. The minimum Gasteiger partial charge on any atom is -0.357 e. The second-order valence-electron chi connectivity index (χ2n) is 11.5. The van der Waals surface area contributed by atoms with Gasteiger partial charge in [-0.1, -0.05) is 123 Å². The largest absolute Gasteiger partial charge is 0.357 e. The van der Waals surface area contributed by atoms with Gasteiger partial charge in [0.25, 0.3) is 0 Å². The van der Waals surface area contributed by atoms with Crippen LogP contribution in [0, 0.1) is 0 Å². The van der Waals surface area contributed by atoms with E-state index >= 15 is 0 Å². The molecule has 0 spiro atoms. The molecule has 1 N–H and O–H groups in total. The molecule has 0 aromatic heterocycles. The Hall–Kier alpha value is -0.480. The Labute approximate surface area is 229 Å². The molecule has 0 aromatic rings. The summed E-state index contributed by atoms with van der Waals surface area (Å²) in [7, 11) is 0. The molecule has 1 unspecified atom stereocenters. The molecule has 1 saturated heterocycles. The van der Waals surface area contributed by atoms with Crippen molar-refractivity contribution in [2.75, 3.05) is 19.0 Å². The number of nitrogens with one attached hydrogen (secondary N) is 1. The van der Waals surface area contributed by atoms with E-state index in [1.807, 2.05) is 11.8 Å². The molecule has 0 radical (unpaired) electrons. The lowest BCUT2D eigenvalue weighted by Gasteiger charge is -2.26. The average molecular weight is 521 g/mol. The van der Waals surface area contributed by atoms with Gasteiger partial charge in [-0.15, -0.1) is 11.8 Å². The molecular weight excluding hydrogens is 460 g/mol. The van der Waals surface area contributed by atoms with Gasteiger partial charge in [0.05, 0.1) is 18.5 Å². The number of carbonyl (C=O) groups excluding carboxylic acids is 1. The van der Waals surface area contributed by atoms with E-state index in [4.69, 9.17) is 0 Å². The summed E-state index contributed by atoms with van der Waals surface area (Å²) in [5.74, 6) is 1.43. The summed E-state index contributed by atoms with van der Waals surface area (Å²) in [6.45, 7) is 6.22. The maximum absolute atomic E-state index is 13.2. The zero-order valence-electron chi connectivity index (χ0n) is 24.2. The third kappa shape index (κ3) is 13.9. The number of hydrogen-bond acceptors (Lipinski definition) is 4. The lowest BCUT2D eigenvalue weighted by Crippen LogP contribution is -2.43. The molecule has 2 rings (SSSR count). The molecular formula is C32H60N2OS. The normalized spacial score (nSPS) is 19.1. The summed E-state index contributed by atoms with van der Waals surface area (Å²) in [6.07, 6.45) is 30.5. The van der Waals surface area contributed by atoms with Crippen molar-refractivity contribution in [2.24, 2.45) is 0 Å². The third-order valence-corrected chi connectivity index (χ3v) is 9.40. The van der Waals surface area contributed by atoms with Gasteiger partial charge in [0.1, 0.15) is 0 Å². The van der Waals surface area contributed by atoms with Crippen molar-refractivity contribution in [3.8, 4) is 0 Å². The lowest BCUT2D eigenvalue weighted by molar-refractivity contribution is -0.121. The van der Waals surface area contributed by atoms with E-state index in [9.17, 15) is 4.79 Å². The highest BCUT2D eigenvalue weighted by Crippen LogP contribution is 2.38. The smallest absolute Gasteiger partial charge is 0.168 e. The summed E-state index contributed by atoms with van der Waals surface area (Å²) in [4.78, 5) is 17.3. The van der Waals surface area contributed by atoms with Gasteiger partial charge >= 0.3 is 0 Å². The van der Waals surface area contributed by atoms with E-state index in [1.165, 1.54) is 147 Å². The van der Waals surface area contributed by atoms with Crippen molar-refractivity contribution in [2.45, 2.75) is 168 Å². The summed E-state index contributed by atoms with van der Waals surface area (Å²) in [5, 5.41) is 3.57. The van der Waals surface area contributed by atoms with Crippen molar-refractivity contribution in [1.82, 2.24) is 10.2 Å². The number of unbranched alkanes of at least 4 members (excludes halogenated alkanes) is 14. The summed E-state index contributed by atoms with van der Waals surface area (Å²) in [6, 6.07) is 0.0800. The van der Waals surface area contributed by atoms with Crippen molar-refractivity contribution in [1.29, 1.82) is 0 Å². The van der Waals surface area contributed by atoms with Gasteiger partial charge < -0.3 is 10.2 Å². The maximum atomic E-state index is 13.2. The average Bonchev–Trinajstić information content (AvgIpc) is 3.23. The maximum Gasteiger partial charge on any atom is 0.168 e. The van der Waals surface area contributed by atoms with Crippen LogP contribution < -0.4 is 5.32 Å². The molecule has 2 heterocycles. The van der Waals surface area contributed by atoms with Crippen molar-refractivity contribution < 1.29 is 4.79 Å². The van der Waals surface area contributed by atoms with E-state index in [0.29, 0.717) is 12.3 Å². The van der Waals surface area contributed by atoms with Crippen LogP contribution >= 0.6 is 11.8 Å². The summed E-state index contributed by atoms with van der Waals surface area (Å²) >= 11 is 2.04. The number of Topliss-reactive ketones (excluding diaryl/α,β-unsaturated/α-hetero) is 1. The van der Waals surface area contributed by atoms with Crippen LogP contribution in [-0.2, 0) is 4.79 Å². The second-order valence-corrected chi connectivity index (χ2v) is 12.5. The molecule has 0 aliphatic carbocycles. The fraction of sp³-hybridized carbons (Fsp3) is 0.906. The van der Waals surface area contributed by atoms with Crippen molar-refractivity contribution in [3.63, 3.8) is 0 Å². The van der Waals surface area contributed by atoms with Gasteiger partial charge in [-0.25, -0.2) is 0 Å². The molecule has 3 nitrogen and oxygen atoms in total. The Morgan fingerprint density at radius 1 is 0.750 bits per heavy atom. The van der Waals surface area contributed by atoms with Gasteiger partial charge in [-0.3, -0.25) is 4.79 Å². The molecule has 0 amide bonds. The fourth-order valence-electron chi connectivity index (χ4n) is 5.77.